The number of hydrogen-bond acceptors (Lipinski definition) is 4. The average Bonchev–Trinajstić information content (AvgIpc) is 2.39. The predicted octanol–water partition coefficient (Wildman–Crippen LogP) is 0.162. The van der Waals surface area contributed by atoms with Crippen molar-refractivity contribution in [3.8, 4) is 0 Å². The molecule has 1 atom stereocenters. The Bertz CT molecular complexity index is 287. The number of hydrogen-bond donors (Lipinski definition) is 3. The topological polar surface area (TPSA) is 74.9 Å². The monoisotopic (exact) mass is 271 g/mol. The van der Waals surface area contributed by atoms with Crippen LogP contribution < -0.4 is 16.6 Å². The fourth-order valence-corrected chi connectivity index (χ4v) is 2.24. The first-order chi connectivity index (χ1) is 8.99. The molecule has 0 spiro atoms. The van der Waals surface area contributed by atoms with Gasteiger partial charge in [-0.2, -0.15) is 0 Å². The molecule has 1 saturated heterocycles. The minimum absolute atomic E-state index is 0.185. The van der Waals surface area contributed by atoms with Gasteiger partial charge in [-0.15, -0.1) is 0 Å². The molecule has 1 aliphatic rings. The van der Waals surface area contributed by atoms with Crippen LogP contribution in [0.15, 0.2) is 4.99 Å². The Morgan fingerprint density at radius 1 is 1.47 bits per heavy atom. The van der Waals surface area contributed by atoms with Crippen LogP contribution in [0.2, 0.25) is 0 Å². The van der Waals surface area contributed by atoms with E-state index in [0.29, 0.717) is 12.6 Å². The number of ether oxygens (including phenoxy) is 1. The Labute approximate surface area is 116 Å². The van der Waals surface area contributed by atoms with Gasteiger partial charge in [0, 0.05) is 19.7 Å². The third-order valence-electron chi connectivity index (χ3n) is 3.75. The van der Waals surface area contributed by atoms with Crippen LogP contribution in [-0.2, 0) is 4.74 Å². The zero-order chi connectivity index (χ0) is 14.3. The molecule has 0 bridgehead atoms. The summed E-state index contributed by atoms with van der Waals surface area (Å²) in [4.78, 5) is 6.95. The van der Waals surface area contributed by atoms with Crippen molar-refractivity contribution in [3.05, 3.63) is 0 Å². The molecule has 6 heteroatoms. The summed E-state index contributed by atoms with van der Waals surface area (Å²) < 4.78 is 5.08. The normalized spacial score (nSPS) is 22.1. The molecule has 0 saturated carbocycles. The molecule has 1 unspecified atom stereocenters. The van der Waals surface area contributed by atoms with E-state index < -0.39 is 0 Å². The Hall–Kier alpha value is -0.850. The lowest BCUT2D eigenvalue weighted by Gasteiger charge is -2.36. The van der Waals surface area contributed by atoms with E-state index in [0.717, 1.165) is 19.6 Å². The Balaban J connectivity index is 2.47. The van der Waals surface area contributed by atoms with Crippen molar-refractivity contribution in [2.45, 2.75) is 32.7 Å². The smallest absolute Gasteiger partial charge is 0.206 e. The van der Waals surface area contributed by atoms with Crippen LogP contribution in [0.3, 0.4) is 0 Å². The van der Waals surface area contributed by atoms with Gasteiger partial charge in [0.05, 0.1) is 6.61 Å². The van der Waals surface area contributed by atoms with E-state index in [1.807, 2.05) is 6.92 Å². The van der Waals surface area contributed by atoms with E-state index >= 15 is 0 Å². The molecule has 6 nitrogen and oxygen atoms in total. The maximum atomic E-state index is 5.51. The second kappa shape index (κ2) is 7.67. The predicted molar refractivity (Wildman–Crippen MR) is 78.9 cm³/mol. The number of guanidine groups is 1. The first-order valence-electron chi connectivity index (χ1n) is 6.94. The second-order valence-corrected chi connectivity index (χ2v) is 5.92. The summed E-state index contributed by atoms with van der Waals surface area (Å²) in [6.07, 6.45) is 2.36. The lowest BCUT2D eigenvalue weighted by atomic mass is 9.80. The van der Waals surface area contributed by atoms with Gasteiger partial charge in [-0.3, -0.25) is 10.4 Å². The standard InChI is InChI=1S/C13H29N5O/c1-11(9-19-4)16-12(17-14)15-10-13(2)5-7-18(3)8-6-13/h11H,5-10,14H2,1-4H3,(H2,15,16,17). The van der Waals surface area contributed by atoms with Gasteiger partial charge in [-0.1, -0.05) is 6.92 Å². The van der Waals surface area contributed by atoms with Crippen LogP contribution in [0, 0.1) is 5.41 Å². The van der Waals surface area contributed by atoms with Gasteiger partial charge in [0.15, 0.2) is 0 Å². The highest BCUT2D eigenvalue weighted by atomic mass is 16.5. The third-order valence-corrected chi connectivity index (χ3v) is 3.75. The van der Waals surface area contributed by atoms with E-state index in [2.05, 4.69) is 34.6 Å². The maximum absolute atomic E-state index is 5.51. The number of hydrazine groups is 1. The number of nitrogens with one attached hydrogen (secondary N) is 2. The summed E-state index contributed by atoms with van der Waals surface area (Å²) in [5, 5.41) is 3.21. The summed E-state index contributed by atoms with van der Waals surface area (Å²) in [6.45, 7) is 8.05. The molecule has 0 aromatic carbocycles. The lowest BCUT2D eigenvalue weighted by Crippen LogP contribution is -2.47. The number of nitrogens with zero attached hydrogens (tertiary/aromatic N) is 2. The molecular weight excluding hydrogens is 242 g/mol. The van der Waals surface area contributed by atoms with Crippen LogP contribution in [0.4, 0.5) is 0 Å². The van der Waals surface area contributed by atoms with Crippen molar-refractivity contribution in [3.63, 3.8) is 0 Å². The molecule has 0 amide bonds. The molecule has 0 radical (unpaired) electrons. The summed E-state index contributed by atoms with van der Waals surface area (Å²) >= 11 is 0. The van der Waals surface area contributed by atoms with Gasteiger partial charge < -0.3 is 15.0 Å². The number of rotatable bonds is 5. The molecule has 4 N–H and O–H groups in total. The molecular formula is C13H29N5O. The van der Waals surface area contributed by atoms with Crippen molar-refractivity contribution >= 4 is 5.96 Å². The molecule has 0 aromatic heterocycles. The Morgan fingerprint density at radius 3 is 2.63 bits per heavy atom. The maximum Gasteiger partial charge on any atom is 0.206 e. The first-order valence-corrected chi connectivity index (χ1v) is 6.94. The van der Waals surface area contributed by atoms with Gasteiger partial charge in [0.1, 0.15) is 0 Å². The molecule has 1 fully saturated rings. The molecule has 1 heterocycles. The van der Waals surface area contributed by atoms with Gasteiger partial charge in [0.2, 0.25) is 5.96 Å². The molecule has 1 aliphatic heterocycles. The van der Waals surface area contributed by atoms with E-state index in [4.69, 9.17) is 10.6 Å². The number of likely N-dealkylation sites (tertiary alicyclic amines) is 1. The van der Waals surface area contributed by atoms with Crippen molar-refractivity contribution < 1.29 is 4.74 Å². The lowest BCUT2D eigenvalue weighted by molar-refractivity contribution is 0.147. The summed E-state index contributed by atoms with van der Waals surface area (Å²) in [6, 6.07) is 0.185. The molecule has 0 aromatic rings. The van der Waals surface area contributed by atoms with Gasteiger partial charge in [0.25, 0.3) is 0 Å². The first kappa shape index (κ1) is 16.2. The highest BCUT2D eigenvalue weighted by Crippen LogP contribution is 2.30. The fourth-order valence-electron chi connectivity index (χ4n) is 2.24. The minimum atomic E-state index is 0.185. The average molecular weight is 271 g/mol. The zero-order valence-corrected chi connectivity index (χ0v) is 12.7. The highest BCUT2D eigenvalue weighted by Gasteiger charge is 2.28. The van der Waals surface area contributed by atoms with Crippen LogP contribution >= 0.6 is 0 Å². The van der Waals surface area contributed by atoms with Crippen molar-refractivity contribution in [1.82, 2.24) is 15.6 Å². The summed E-state index contributed by atoms with van der Waals surface area (Å²) in [5.41, 5.74) is 2.91. The Morgan fingerprint density at radius 2 is 2.11 bits per heavy atom. The number of methoxy groups -OCH3 is 1. The second-order valence-electron chi connectivity index (χ2n) is 5.92. The molecule has 19 heavy (non-hydrogen) atoms. The molecule has 0 aliphatic carbocycles. The summed E-state index contributed by atoms with van der Waals surface area (Å²) in [5.74, 6) is 6.15. The van der Waals surface area contributed by atoms with E-state index in [-0.39, 0.29) is 11.5 Å². The zero-order valence-electron chi connectivity index (χ0n) is 12.7. The quantitative estimate of drug-likeness (QED) is 0.287. The number of nitrogens with two attached hydrogens (primary N) is 1. The Kier molecular flexibility index (Phi) is 6.54. The van der Waals surface area contributed by atoms with Crippen LogP contribution in [0.25, 0.3) is 0 Å². The van der Waals surface area contributed by atoms with Gasteiger partial charge in [-0.05, 0) is 45.3 Å². The van der Waals surface area contributed by atoms with Crippen molar-refractivity contribution in [2.75, 3.05) is 40.4 Å². The van der Waals surface area contributed by atoms with Gasteiger partial charge in [-0.25, -0.2) is 5.84 Å². The van der Waals surface area contributed by atoms with E-state index in [1.165, 1.54) is 12.8 Å². The van der Waals surface area contributed by atoms with Gasteiger partial charge >= 0.3 is 0 Å². The third kappa shape index (κ3) is 5.76. The SMILES string of the molecule is COCC(C)NC(=NCC1(C)CCN(C)CC1)NN. The van der Waals surface area contributed by atoms with Crippen LogP contribution in [0.1, 0.15) is 26.7 Å². The number of aliphatic imine (C=N–C) groups is 1. The van der Waals surface area contributed by atoms with Crippen LogP contribution in [0.5, 0.6) is 0 Å². The van der Waals surface area contributed by atoms with Crippen LogP contribution in [-0.4, -0.2) is 57.3 Å². The highest BCUT2D eigenvalue weighted by molar-refractivity contribution is 5.79. The van der Waals surface area contributed by atoms with E-state index in [1.54, 1.807) is 7.11 Å². The van der Waals surface area contributed by atoms with Crippen molar-refractivity contribution in [2.24, 2.45) is 16.3 Å². The fraction of sp³-hybridized carbons (Fsp3) is 0.923. The summed E-state index contributed by atoms with van der Waals surface area (Å²) in [7, 11) is 3.86. The van der Waals surface area contributed by atoms with Crippen molar-refractivity contribution in [1.29, 1.82) is 0 Å². The molecule has 112 valence electrons. The largest absolute Gasteiger partial charge is 0.383 e. The number of piperidine rings is 1. The van der Waals surface area contributed by atoms with E-state index in [9.17, 15) is 0 Å². The molecule has 1 rings (SSSR count). The minimum Gasteiger partial charge on any atom is -0.383 e.